The molecule has 130 valence electrons. The Hall–Kier alpha value is -2.99. The summed E-state index contributed by atoms with van der Waals surface area (Å²) in [6.07, 6.45) is 1.41. The fourth-order valence-corrected chi connectivity index (χ4v) is 3.51. The number of ether oxygens (including phenoxy) is 1. The van der Waals surface area contributed by atoms with E-state index in [0.29, 0.717) is 27.3 Å². The van der Waals surface area contributed by atoms with Gasteiger partial charge >= 0.3 is 5.97 Å². The summed E-state index contributed by atoms with van der Waals surface area (Å²) in [4.78, 5) is 29.1. The Kier molecular flexibility index (Phi) is 4.05. The van der Waals surface area contributed by atoms with Gasteiger partial charge < -0.3 is 9.15 Å². The van der Waals surface area contributed by atoms with E-state index in [-0.39, 0.29) is 17.3 Å². The van der Waals surface area contributed by atoms with Gasteiger partial charge in [-0.3, -0.25) is 9.59 Å². The lowest BCUT2D eigenvalue weighted by atomic mass is 10.1. The van der Waals surface area contributed by atoms with Crippen LogP contribution in [-0.4, -0.2) is 11.0 Å². The van der Waals surface area contributed by atoms with Gasteiger partial charge in [-0.05, 0) is 24.3 Å². The van der Waals surface area contributed by atoms with Gasteiger partial charge in [0.15, 0.2) is 0 Å². The van der Waals surface area contributed by atoms with E-state index in [1.54, 1.807) is 32.0 Å². The fraction of sp³-hybridized carbons (Fsp3) is 0.150. The summed E-state index contributed by atoms with van der Waals surface area (Å²) in [5.74, 6) is -0.219. The van der Waals surface area contributed by atoms with Gasteiger partial charge in [0.25, 0.3) is 0 Å². The maximum atomic E-state index is 12.8. The van der Waals surface area contributed by atoms with Crippen LogP contribution in [0.25, 0.3) is 31.8 Å². The number of benzene rings is 2. The Morgan fingerprint density at radius 2 is 2.00 bits per heavy atom. The molecule has 0 aliphatic heterocycles. The molecule has 0 spiro atoms. The van der Waals surface area contributed by atoms with E-state index in [9.17, 15) is 9.59 Å². The van der Waals surface area contributed by atoms with Crippen molar-refractivity contribution in [2.75, 3.05) is 0 Å². The number of nitrogens with zero attached hydrogens (tertiary/aromatic N) is 1. The topological polar surface area (TPSA) is 69.4 Å². The Bertz CT molecular complexity index is 1160. The zero-order valence-electron chi connectivity index (χ0n) is 14.2. The summed E-state index contributed by atoms with van der Waals surface area (Å²) in [6, 6.07) is 12.5. The SMILES string of the molecule is CC(C)C(=O)Oc1ccc2c(=O)c(-c3nc4ccccc4s3)coc2c1. The minimum Gasteiger partial charge on any atom is -0.463 e. The van der Waals surface area contributed by atoms with Gasteiger partial charge in [0.05, 0.1) is 27.1 Å². The molecule has 4 aromatic rings. The average Bonchev–Trinajstić information content (AvgIpc) is 3.05. The molecule has 0 fully saturated rings. The third-order valence-corrected chi connectivity index (χ3v) is 5.03. The lowest BCUT2D eigenvalue weighted by Crippen LogP contribution is -2.14. The summed E-state index contributed by atoms with van der Waals surface area (Å²) in [5, 5.41) is 1.04. The number of hydrogen-bond donors (Lipinski definition) is 0. The largest absolute Gasteiger partial charge is 0.463 e. The van der Waals surface area contributed by atoms with Crippen molar-refractivity contribution in [1.82, 2.24) is 4.98 Å². The lowest BCUT2D eigenvalue weighted by Gasteiger charge is -2.07. The van der Waals surface area contributed by atoms with Crippen molar-refractivity contribution in [3.05, 3.63) is 59.0 Å². The zero-order valence-corrected chi connectivity index (χ0v) is 15.0. The molecule has 0 amide bonds. The Labute approximate surface area is 152 Å². The second-order valence-corrected chi connectivity index (χ2v) is 7.23. The van der Waals surface area contributed by atoms with Crippen LogP contribution in [0.5, 0.6) is 5.75 Å². The van der Waals surface area contributed by atoms with Gasteiger partial charge in [-0.25, -0.2) is 4.98 Å². The number of fused-ring (bicyclic) bond motifs is 2. The summed E-state index contributed by atoms with van der Waals surface area (Å²) >= 11 is 1.45. The van der Waals surface area contributed by atoms with E-state index < -0.39 is 0 Å². The van der Waals surface area contributed by atoms with Crippen LogP contribution in [0.3, 0.4) is 0 Å². The number of carbonyl (C=O) groups is 1. The number of para-hydroxylation sites is 1. The van der Waals surface area contributed by atoms with Crippen molar-refractivity contribution in [2.24, 2.45) is 5.92 Å². The van der Waals surface area contributed by atoms with Crippen LogP contribution >= 0.6 is 11.3 Å². The molecule has 4 rings (SSSR count). The molecule has 0 atom stereocenters. The lowest BCUT2D eigenvalue weighted by molar-refractivity contribution is -0.137. The van der Waals surface area contributed by atoms with Crippen molar-refractivity contribution in [3.8, 4) is 16.3 Å². The highest BCUT2D eigenvalue weighted by Crippen LogP contribution is 2.30. The smallest absolute Gasteiger partial charge is 0.313 e. The summed E-state index contributed by atoms with van der Waals surface area (Å²) in [5.41, 5.74) is 1.48. The molecular formula is C20H15NO4S. The number of thiazole rings is 1. The molecule has 2 aromatic heterocycles. The summed E-state index contributed by atoms with van der Waals surface area (Å²) in [6.45, 7) is 3.52. The van der Waals surface area contributed by atoms with Gasteiger partial charge in [0.1, 0.15) is 22.6 Å². The first kappa shape index (κ1) is 16.5. The van der Waals surface area contributed by atoms with Crippen molar-refractivity contribution < 1.29 is 13.9 Å². The first-order valence-electron chi connectivity index (χ1n) is 8.16. The van der Waals surface area contributed by atoms with Crippen molar-refractivity contribution in [2.45, 2.75) is 13.8 Å². The number of carbonyl (C=O) groups excluding carboxylic acids is 1. The van der Waals surface area contributed by atoms with Crippen molar-refractivity contribution in [3.63, 3.8) is 0 Å². The van der Waals surface area contributed by atoms with E-state index >= 15 is 0 Å². The van der Waals surface area contributed by atoms with Gasteiger partial charge in [-0.1, -0.05) is 26.0 Å². The van der Waals surface area contributed by atoms with Crippen LogP contribution in [0.1, 0.15) is 13.8 Å². The van der Waals surface area contributed by atoms with E-state index in [1.165, 1.54) is 17.6 Å². The molecule has 0 aliphatic rings. The highest BCUT2D eigenvalue weighted by atomic mass is 32.1. The second kappa shape index (κ2) is 6.38. The van der Waals surface area contributed by atoms with E-state index in [4.69, 9.17) is 9.15 Å². The average molecular weight is 365 g/mol. The second-order valence-electron chi connectivity index (χ2n) is 6.20. The molecule has 0 saturated carbocycles. The molecule has 26 heavy (non-hydrogen) atoms. The molecule has 6 heteroatoms. The minimum atomic E-state index is -0.335. The molecule has 2 aromatic carbocycles. The molecule has 5 nitrogen and oxygen atoms in total. The molecule has 0 saturated heterocycles. The van der Waals surface area contributed by atoms with Gasteiger partial charge in [-0.15, -0.1) is 11.3 Å². The molecule has 0 radical (unpaired) electrons. The van der Waals surface area contributed by atoms with Crippen molar-refractivity contribution >= 4 is 38.5 Å². The van der Waals surface area contributed by atoms with Gasteiger partial charge in [-0.2, -0.15) is 0 Å². The standard InChI is InChI=1S/C20H15NO4S/c1-11(2)20(23)25-12-7-8-13-16(9-12)24-10-14(18(13)22)19-21-15-5-3-4-6-17(15)26-19/h3-11H,1-2H3. The van der Waals surface area contributed by atoms with Gasteiger partial charge in [0, 0.05) is 6.07 Å². The Morgan fingerprint density at radius 3 is 2.77 bits per heavy atom. The predicted octanol–water partition coefficient (Wildman–Crippen LogP) is 4.63. The van der Waals surface area contributed by atoms with E-state index in [1.807, 2.05) is 24.3 Å². The molecule has 0 unspecified atom stereocenters. The zero-order chi connectivity index (χ0) is 18.3. The van der Waals surface area contributed by atoms with Crippen LogP contribution in [0.15, 0.2) is 57.9 Å². The van der Waals surface area contributed by atoms with Crippen LogP contribution in [0.4, 0.5) is 0 Å². The maximum absolute atomic E-state index is 12.8. The van der Waals surface area contributed by atoms with E-state index in [0.717, 1.165) is 10.2 Å². The molecule has 0 N–H and O–H groups in total. The molecule has 2 heterocycles. The Balaban J connectivity index is 1.77. The number of esters is 1. The summed E-state index contributed by atoms with van der Waals surface area (Å²) in [7, 11) is 0. The van der Waals surface area contributed by atoms with Gasteiger partial charge in [0.2, 0.25) is 5.43 Å². The number of aromatic nitrogens is 1. The Morgan fingerprint density at radius 1 is 1.19 bits per heavy atom. The third kappa shape index (κ3) is 2.88. The van der Waals surface area contributed by atoms with Crippen molar-refractivity contribution in [1.29, 1.82) is 0 Å². The monoisotopic (exact) mass is 365 g/mol. The first-order valence-corrected chi connectivity index (χ1v) is 8.98. The molecule has 0 aliphatic carbocycles. The predicted molar refractivity (Wildman–Crippen MR) is 102 cm³/mol. The van der Waals surface area contributed by atoms with Crippen LogP contribution < -0.4 is 10.2 Å². The minimum absolute atomic E-state index is 0.160. The van der Waals surface area contributed by atoms with Crippen LogP contribution in [0.2, 0.25) is 0 Å². The summed E-state index contributed by atoms with van der Waals surface area (Å²) < 4.78 is 11.9. The maximum Gasteiger partial charge on any atom is 0.313 e. The molecule has 0 bridgehead atoms. The number of rotatable bonds is 3. The van der Waals surface area contributed by atoms with Crippen LogP contribution in [-0.2, 0) is 4.79 Å². The van der Waals surface area contributed by atoms with E-state index in [2.05, 4.69) is 4.98 Å². The fourth-order valence-electron chi connectivity index (χ4n) is 2.54. The third-order valence-electron chi connectivity index (χ3n) is 3.96. The molecular weight excluding hydrogens is 350 g/mol. The highest BCUT2D eigenvalue weighted by Gasteiger charge is 2.15. The number of hydrogen-bond acceptors (Lipinski definition) is 6. The quantitative estimate of drug-likeness (QED) is 0.391. The highest BCUT2D eigenvalue weighted by molar-refractivity contribution is 7.21. The van der Waals surface area contributed by atoms with Crippen LogP contribution in [0, 0.1) is 5.92 Å². The first-order chi connectivity index (χ1) is 12.5. The normalized spacial score (nSPS) is 11.3.